The average Bonchev–Trinajstić information content (AvgIpc) is 1.87. The number of hydrogen-bond donors (Lipinski definition) is 1. The molecular weight excluding hydrogens is 184 g/mol. The van der Waals surface area contributed by atoms with Gasteiger partial charge in [-0.1, -0.05) is 27.7 Å². The molecule has 11 heavy (non-hydrogen) atoms. The highest BCUT2D eigenvalue weighted by atomic mass is 35.5. The second-order valence-corrected chi connectivity index (χ2v) is 6.89. The minimum Gasteiger partial charge on any atom is -0.304 e. The molecule has 0 unspecified atom stereocenters. The Hall–Kier alpha value is 0.440. The Morgan fingerprint density at radius 3 is 1.73 bits per heavy atom. The lowest BCUT2D eigenvalue weighted by molar-refractivity contribution is 0.293. The molecule has 0 atom stereocenters. The molecule has 68 valence electrons. The molecule has 0 aromatic carbocycles. The van der Waals surface area contributed by atoms with E-state index in [-0.39, 0.29) is 11.3 Å². The lowest BCUT2D eigenvalue weighted by Gasteiger charge is -2.24. The van der Waals surface area contributed by atoms with Crippen molar-refractivity contribution in [3.8, 4) is 0 Å². The maximum absolute atomic E-state index is 11.9. The van der Waals surface area contributed by atoms with Gasteiger partial charge >= 0.3 is 0 Å². The molecule has 0 amide bonds. The van der Waals surface area contributed by atoms with Crippen molar-refractivity contribution in [3.05, 3.63) is 0 Å². The fourth-order valence-electron chi connectivity index (χ4n) is 0.861. The first kappa shape index (κ1) is 11.4. The molecule has 0 fully saturated rings. The van der Waals surface area contributed by atoms with E-state index < -0.39 is 7.29 Å². The van der Waals surface area contributed by atoms with Crippen LogP contribution in [0.25, 0.3) is 0 Å². The van der Waals surface area contributed by atoms with E-state index in [4.69, 9.17) is 11.9 Å². The molecule has 5 heteroatoms. The zero-order valence-electron chi connectivity index (χ0n) is 7.30. The normalized spacial score (nSPS) is 13.0. The van der Waals surface area contributed by atoms with Gasteiger partial charge in [-0.25, -0.2) is 0 Å². The van der Waals surface area contributed by atoms with Crippen LogP contribution >= 0.6 is 19.2 Å². The average molecular weight is 200 g/mol. The van der Waals surface area contributed by atoms with Gasteiger partial charge in [0, 0.05) is 11.3 Å². The van der Waals surface area contributed by atoms with Gasteiger partial charge in [0.2, 0.25) is 0 Å². The predicted molar refractivity (Wildman–Crippen MR) is 48.0 cm³/mol. The number of hydrogen-bond acceptors (Lipinski definition) is 2. The van der Waals surface area contributed by atoms with Crippen LogP contribution in [-0.4, -0.2) is 11.3 Å². The summed E-state index contributed by atoms with van der Waals surface area (Å²) in [4.78, 5) is 0. The summed E-state index contributed by atoms with van der Waals surface area (Å²) in [7, 11) is -2.47. The highest BCUT2D eigenvalue weighted by Crippen LogP contribution is 2.50. The molecule has 0 spiro atoms. The maximum atomic E-state index is 11.9. The van der Waals surface area contributed by atoms with E-state index in [0.29, 0.717) is 0 Å². The van der Waals surface area contributed by atoms with E-state index in [2.05, 4.69) is 9.64 Å². The van der Waals surface area contributed by atoms with Crippen molar-refractivity contribution < 1.29 is 8.96 Å². The molecule has 3 nitrogen and oxygen atoms in total. The van der Waals surface area contributed by atoms with Crippen LogP contribution in [-0.2, 0) is 8.96 Å². The van der Waals surface area contributed by atoms with Gasteiger partial charge in [0.15, 0.2) is 7.29 Å². The first-order valence-electron chi connectivity index (χ1n) is 3.59. The monoisotopic (exact) mass is 199 g/mol. The highest BCUT2D eigenvalue weighted by molar-refractivity contribution is 7.63. The van der Waals surface area contributed by atoms with Crippen molar-refractivity contribution in [1.82, 2.24) is 5.25 Å². The zero-order valence-corrected chi connectivity index (χ0v) is 8.95. The van der Waals surface area contributed by atoms with Gasteiger partial charge in [-0.2, -0.15) is 4.39 Å². The Balaban J connectivity index is 4.40. The van der Waals surface area contributed by atoms with Gasteiger partial charge in [-0.05, 0) is 0 Å². The number of rotatable bonds is 4. The largest absolute Gasteiger partial charge is 0.304 e. The summed E-state index contributed by atoms with van der Waals surface area (Å²) in [5.74, 6) is 0. The van der Waals surface area contributed by atoms with Crippen LogP contribution in [0.15, 0.2) is 0 Å². The van der Waals surface area contributed by atoms with Crippen molar-refractivity contribution in [3.63, 3.8) is 0 Å². The predicted octanol–water partition coefficient (Wildman–Crippen LogP) is 2.76. The smallest absolute Gasteiger partial charge is 0.176 e. The summed E-state index contributed by atoms with van der Waals surface area (Å²) in [5, 5.41) is 2.38. The molecule has 0 heterocycles. The van der Waals surface area contributed by atoms with Crippen LogP contribution in [0.4, 0.5) is 0 Å². The third-order valence-corrected chi connectivity index (χ3v) is 5.34. The van der Waals surface area contributed by atoms with E-state index in [1.165, 1.54) is 0 Å². The zero-order chi connectivity index (χ0) is 9.07. The van der Waals surface area contributed by atoms with E-state index >= 15 is 0 Å². The first-order chi connectivity index (χ1) is 4.95. The molecule has 0 aliphatic carbocycles. The van der Waals surface area contributed by atoms with Crippen LogP contribution in [0, 0.1) is 0 Å². The van der Waals surface area contributed by atoms with Gasteiger partial charge in [0.25, 0.3) is 0 Å². The van der Waals surface area contributed by atoms with E-state index in [1.54, 1.807) is 0 Å². The molecule has 0 aromatic heterocycles. The molecule has 0 aromatic rings. The minimum absolute atomic E-state index is 0.0428. The van der Waals surface area contributed by atoms with Crippen LogP contribution in [0.2, 0.25) is 0 Å². The van der Waals surface area contributed by atoms with E-state index in [9.17, 15) is 4.57 Å². The lowest BCUT2D eigenvalue weighted by atomic mass is 10.5. The van der Waals surface area contributed by atoms with Crippen LogP contribution in [0.5, 0.6) is 0 Å². The van der Waals surface area contributed by atoms with Gasteiger partial charge in [0.1, 0.15) is 0 Å². The molecule has 0 rings (SSSR count). The fourth-order valence-corrected chi connectivity index (χ4v) is 2.91. The van der Waals surface area contributed by atoms with Gasteiger partial charge in [-0.15, -0.1) is 5.25 Å². The topological polar surface area (TPSA) is 38.3 Å². The Bertz CT molecular complexity index is 149. The third kappa shape index (κ3) is 2.75. The Morgan fingerprint density at radius 1 is 1.27 bits per heavy atom. The summed E-state index contributed by atoms with van der Waals surface area (Å²) in [6, 6.07) is 0. The SMILES string of the molecule is CC(C)P(=O)(NOCl)C(C)C. The Labute approximate surface area is 73.0 Å². The van der Waals surface area contributed by atoms with Crippen LogP contribution < -0.4 is 5.25 Å². The standard InChI is InChI=1S/C6H15ClNO2P/c1-5(2)11(9,6(3)4)8-10-7/h5-6H,1-4H3,(H,8,9). The quantitative estimate of drug-likeness (QED) is 0.559. The van der Waals surface area contributed by atoms with E-state index in [0.717, 1.165) is 0 Å². The summed E-state index contributed by atoms with van der Waals surface area (Å²) in [5.41, 5.74) is 0.0856. The van der Waals surface area contributed by atoms with Crippen molar-refractivity contribution >= 4 is 19.2 Å². The highest BCUT2D eigenvalue weighted by Gasteiger charge is 2.30. The summed E-state index contributed by atoms with van der Waals surface area (Å²) in [6.07, 6.45) is 0. The van der Waals surface area contributed by atoms with Gasteiger partial charge < -0.3 is 4.57 Å². The van der Waals surface area contributed by atoms with Gasteiger partial charge in [0.05, 0.1) is 11.9 Å². The summed E-state index contributed by atoms with van der Waals surface area (Å²) < 4.78 is 16.1. The second kappa shape index (κ2) is 4.46. The Morgan fingerprint density at radius 2 is 1.64 bits per heavy atom. The van der Waals surface area contributed by atoms with Crippen LogP contribution in [0.1, 0.15) is 27.7 Å². The van der Waals surface area contributed by atoms with E-state index in [1.807, 2.05) is 27.7 Å². The first-order valence-corrected chi connectivity index (χ1v) is 5.74. The lowest BCUT2D eigenvalue weighted by Crippen LogP contribution is -2.20. The second-order valence-electron chi connectivity index (χ2n) is 3.07. The van der Waals surface area contributed by atoms with Crippen molar-refractivity contribution in [1.29, 1.82) is 0 Å². The number of nitrogens with one attached hydrogen (secondary N) is 1. The Kier molecular flexibility index (Phi) is 4.64. The summed E-state index contributed by atoms with van der Waals surface area (Å²) >= 11 is 4.99. The molecule has 0 aliphatic heterocycles. The fraction of sp³-hybridized carbons (Fsp3) is 1.00. The summed E-state index contributed by atoms with van der Waals surface area (Å²) in [6.45, 7) is 7.51. The molecule has 0 saturated heterocycles. The van der Waals surface area contributed by atoms with Crippen molar-refractivity contribution in [2.75, 3.05) is 0 Å². The molecule has 1 N–H and O–H groups in total. The van der Waals surface area contributed by atoms with Gasteiger partial charge in [-0.3, -0.25) is 0 Å². The molecule has 0 bridgehead atoms. The minimum atomic E-state index is -2.47. The van der Waals surface area contributed by atoms with Crippen molar-refractivity contribution in [2.24, 2.45) is 0 Å². The van der Waals surface area contributed by atoms with Crippen LogP contribution in [0.3, 0.4) is 0 Å². The molecular formula is C6H15ClNO2P. The molecule has 0 saturated carbocycles. The molecule has 0 radical (unpaired) electrons. The molecule has 0 aliphatic rings. The number of halogens is 1. The maximum Gasteiger partial charge on any atom is 0.176 e. The van der Waals surface area contributed by atoms with Crippen molar-refractivity contribution in [2.45, 2.75) is 39.0 Å². The third-order valence-electron chi connectivity index (χ3n) is 1.71.